The molecule has 7 heteroatoms. The van der Waals surface area contributed by atoms with E-state index in [4.69, 9.17) is 16.7 Å². The van der Waals surface area contributed by atoms with Crippen LogP contribution in [0.4, 0.5) is 0 Å². The van der Waals surface area contributed by atoms with E-state index in [1.165, 1.54) is 5.56 Å². The van der Waals surface area contributed by atoms with E-state index in [2.05, 4.69) is 15.3 Å². The van der Waals surface area contributed by atoms with Crippen molar-refractivity contribution in [2.45, 2.75) is 26.1 Å². The Kier molecular flexibility index (Phi) is 5.73. The van der Waals surface area contributed by atoms with Gasteiger partial charge in [-0.15, -0.1) is 0 Å². The van der Waals surface area contributed by atoms with Crippen LogP contribution in [0.15, 0.2) is 29.1 Å². The first-order valence-corrected chi connectivity index (χ1v) is 8.64. The maximum absolute atomic E-state index is 12.4. The van der Waals surface area contributed by atoms with Crippen LogP contribution in [0.2, 0.25) is 5.02 Å². The molecule has 0 saturated carbocycles. The Balaban J connectivity index is 1.62. The zero-order chi connectivity index (χ0) is 16.9. The maximum atomic E-state index is 12.4. The molecule has 1 aliphatic heterocycles. The van der Waals surface area contributed by atoms with E-state index in [9.17, 15) is 4.79 Å². The van der Waals surface area contributed by atoms with Crippen LogP contribution in [-0.2, 0) is 26.1 Å². The van der Waals surface area contributed by atoms with Gasteiger partial charge in [-0.1, -0.05) is 23.7 Å². The lowest BCUT2D eigenvalue weighted by molar-refractivity contribution is 0.242. The molecule has 1 aromatic carbocycles. The number of aromatic amines is 1. The summed E-state index contributed by atoms with van der Waals surface area (Å²) in [6.07, 6.45) is 0.773. The third kappa shape index (κ3) is 4.08. The zero-order valence-corrected chi connectivity index (χ0v) is 14.4. The molecule has 1 aliphatic rings. The lowest BCUT2D eigenvalue weighted by Gasteiger charge is -2.25. The number of benzene rings is 1. The van der Waals surface area contributed by atoms with Crippen LogP contribution in [0.5, 0.6) is 0 Å². The number of rotatable bonds is 7. The fourth-order valence-electron chi connectivity index (χ4n) is 3.07. The molecule has 0 atom stereocenters. The summed E-state index contributed by atoms with van der Waals surface area (Å²) in [7, 11) is 0. The SMILES string of the molecule is O=c1c2c([nH]n1CCNCCO)CN(Cc1ccc(Cl)cc1)CC2. The van der Waals surface area contributed by atoms with Gasteiger partial charge < -0.3 is 10.4 Å². The lowest BCUT2D eigenvalue weighted by atomic mass is 10.1. The highest BCUT2D eigenvalue weighted by Crippen LogP contribution is 2.18. The van der Waals surface area contributed by atoms with Crippen LogP contribution in [-0.4, -0.2) is 46.0 Å². The molecular formula is C17H23ClN4O2. The molecule has 2 heterocycles. The molecule has 0 unspecified atom stereocenters. The summed E-state index contributed by atoms with van der Waals surface area (Å²) in [5, 5.41) is 15.8. The molecule has 24 heavy (non-hydrogen) atoms. The van der Waals surface area contributed by atoms with Crippen LogP contribution >= 0.6 is 11.6 Å². The number of hydrogen-bond acceptors (Lipinski definition) is 4. The molecule has 2 aromatic rings. The first-order chi connectivity index (χ1) is 11.7. The quantitative estimate of drug-likeness (QED) is 0.651. The minimum Gasteiger partial charge on any atom is -0.395 e. The normalized spacial score (nSPS) is 14.8. The fourth-order valence-corrected chi connectivity index (χ4v) is 3.20. The Morgan fingerprint density at radius 1 is 1.25 bits per heavy atom. The van der Waals surface area contributed by atoms with Crippen LogP contribution < -0.4 is 10.9 Å². The molecule has 0 amide bonds. The summed E-state index contributed by atoms with van der Waals surface area (Å²) in [6, 6.07) is 7.89. The molecule has 0 saturated heterocycles. The van der Waals surface area contributed by atoms with Crippen molar-refractivity contribution in [2.24, 2.45) is 0 Å². The molecule has 0 spiro atoms. The average Bonchev–Trinajstić information content (AvgIpc) is 2.89. The van der Waals surface area contributed by atoms with Gasteiger partial charge >= 0.3 is 0 Å². The van der Waals surface area contributed by atoms with Gasteiger partial charge in [-0.2, -0.15) is 0 Å². The topological polar surface area (TPSA) is 73.3 Å². The van der Waals surface area contributed by atoms with Crippen molar-refractivity contribution in [3.63, 3.8) is 0 Å². The molecule has 130 valence electrons. The number of halogens is 1. The largest absolute Gasteiger partial charge is 0.395 e. The summed E-state index contributed by atoms with van der Waals surface area (Å²) < 4.78 is 1.67. The van der Waals surface area contributed by atoms with Crippen molar-refractivity contribution in [2.75, 3.05) is 26.2 Å². The third-order valence-corrected chi connectivity index (χ3v) is 4.57. The highest BCUT2D eigenvalue weighted by Gasteiger charge is 2.22. The van der Waals surface area contributed by atoms with E-state index in [0.717, 1.165) is 42.3 Å². The van der Waals surface area contributed by atoms with Gasteiger partial charge in [0.15, 0.2) is 0 Å². The second kappa shape index (κ2) is 7.98. The first kappa shape index (κ1) is 17.2. The number of aliphatic hydroxyl groups is 1. The van der Waals surface area contributed by atoms with Crippen molar-refractivity contribution in [3.8, 4) is 0 Å². The van der Waals surface area contributed by atoms with Gasteiger partial charge in [0.1, 0.15) is 0 Å². The Hall–Kier alpha value is -1.60. The molecule has 3 N–H and O–H groups in total. The van der Waals surface area contributed by atoms with Gasteiger partial charge in [-0.05, 0) is 24.1 Å². The van der Waals surface area contributed by atoms with Gasteiger partial charge in [-0.3, -0.25) is 19.5 Å². The molecular weight excluding hydrogens is 328 g/mol. The first-order valence-electron chi connectivity index (χ1n) is 8.26. The Labute approximate surface area is 146 Å². The lowest BCUT2D eigenvalue weighted by Crippen LogP contribution is -2.32. The third-order valence-electron chi connectivity index (χ3n) is 4.32. The second-order valence-corrected chi connectivity index (χ2v) is 6.52. The molecule has 3 rings (SSSR count). The monoisotopic (exact) mass is 350 g/mol. The molecule has 0 radical (unpaired) electrons. The van der Waals surface area contributed by atoms with E-state index in [1.807, 2.05) is 24.3 Å². The second-order valence-electron chi connectivity index (χ2n) is 6.09. The predicted octanol–water partition coefficient (Wildman–Crippen LogP) is 0.970. The van der Waals surface area contributed by atoms with Crippen molar-refractivity contribution in [3.05, 3.63) is 56.5 Å². The number of nitrogens with zero attached hydrogens (tertiary/aromatic N) is 2. The Morgan fingerprint density at radius 3 is 2.79 bits per heavy atom. The minimum atomic E-state index is 0.0851. The smallest absolute Gasteiger partial charge is 0.270 e. The zero-order valence-electron chi connectivity index (χ0n) is 13.6. The van der Waals surface area contributed by atoms with E-state index in [-0.39, 0.29) is 12.2 Å². The number of H-pyrrole nitrogens is 1. The van der Waals surface area contributed by atoms with Gasteiger partial charge in [0.2, 0.25) is 0 Å². The minimum absolute atomic E-state index is 0.0851. The predicted molar refractivity (Wildman–Crippen MR) is 94.3 cm³/mol. The molecule has 1 aromatic heterocycles. The van der Waals surface area contributed by atoms with Crippen molar-refractivity contribution in [1.82, 2.24) is 20.0 Å². The number of hydrogen-bond donors (Lipinski definition) is 3. The summed E-state index contributed by atoms with van der Waals surface area (Å²) >= 11 is 5.93. The highest BCUT2D eigenvalue weighted by molar-refractivity contribution is 6.30. The maximum Gasteiger partial charge on any atom is 0.270 e. The summed E-state index contributed by atoms with van der Waals surface area (Å²) in [4.78, 5) is 14.7. The molecule has 0 aliphatic carbocycles. The standard InChI is InChI=1S/C17H23ClN4O2/c18-14-3-1-13(2-4-14)11-21-8-5-15-16(12-21)20-22(17(15)24)9-6-19-7-10-23/h1-4,19-20,23H,5-12H2. The van der Waals surface area contributed by atoms with Crippen LogP contribution in [0.25, 0.3) is 0 Å². The van der Waals surface area contributed by atoms with Crippen molar-refractivity contribution in [1.29, 1.82) is 0 Å². The Bertz CT molecular complexity index is 723. The van der Waals surface area contributed by atoms with Crippen LogP contribution in [0, 0.1) is 0 Å². The van der Waals surface area contributed by atoms with Gasteiger partial charge in [-0.25, -0.2) is 0 Å². The number of aliphatic hydroxyl groups excluding tert-OH is 1. The van der Waals surface area contributed by atoms with Gasteiger partial charge in [0.25, 0.3) is 5.56 Å². The summed E-state index contributed by atoms with van der Waals surface area (Å²) in [5.41, 5.74) is 3.23. The van der Waals surface area contributed by atoms with E-state index < -0.39 is 0 Å². The summed E-state index contributed by atoms with van der Waals surface area (Å²) in [6.45, 7) is 4.38. The van der Waals surface area contributed by atoms with Gasteiger partial charge in [0, 0.05) is 43.3 Å². The van der Waals surface area contributed by atoms with Crippen LogP contribution in [0.3, 0.4) is 0 Å². The number of fused-ring (bicyclic) bond motifs is 1. The molecule has 0 bridgehead atoms. The average molecular weight is 351 g/mol. The number of aromatic nitrogens is 2. The van der Waals surface area contributed by atoms with Gasteiger partial charge in [0.05, 0.1) is 18.8 Å². The van der Waals surface area contributed by atoms with E-state index in [1.54, 1.807) is 4.68 Å². The van der Waals surface area contributed by atoms with Crippen LogP contribution in [0.1, 0.15) is 16.8 Å². The Morgan fingerprint density at radius 2 is 2.04 bits per heavy atom. The van der Waals surface area contributed by atoms with Crippen molar-refractivity contribution < 1.29 is 5.11 Å². The molecule has 6 nitrogen and oxygen atoms in total. The van der Waals surface area contributed by atoms with Crippen molar-refractivity contribution >= 4 is 11.6 Å². The van der Waals surface area contributed by atoms with E-state index >= 15 is 0 Å². The van der Waals surface area contributed by atoms with E-state index in [0.29, 0.717) is 19.6 Å². The highest BCUT2D eigenvalue weighted by atomic mass is 35.5. The summed E-state index contributed by atoms with van der Waals surface area (Å²) in [5.74, 6) is 0. The number of nitrogens with one attached hydrogen (secondary N) is 2. The fraction of sp³-hybridized carbons (Fsp3) is 0.471. The molecule has 0 fully saturated rings.